The first kappa shape index (κ1) is 14.7. The predicted octanol–water partition coefficient (Wildman–Crippen LogP) is 3.29. The van der Waals surface area contributed by atoms with E-state index < -0.39 is 0 Å². The van der Waals surface area contributed by atoms with Crippen molar-refractivity contribution >= 4 is 24.0 Å². The van der Waals surface area contributed by atoms with Crippen molar-refractivity contribution in [1.29, 1.82) is 0 Å². The molecule has 1 N–H and O–H groups in total. The van der Waals surface area contributed by atoms with Gasteiger partial charge in [0.15, 0.2) is 0 Å². The molecule has 0 radical (unpaired) electrons. The van der Waals surface area contributed by atoms with Crippen molar-refractivity contribution in [3.05, 3.63) is 23.3 Å². The molecule has 0 rings (SSSR count). The van der Waals surface area contributed by atoms with E-state index in [4.69, 9.17) is 5.11 Å². The highest BCUT2D eigenvalue weighted by Gasteiger charge is 1.86. The monoisotopic (exact) mass is 282 g/mol. The Bertz CT molecular complexity index is 155. The molecule has 0 aromatic rings. The maximum atomic E-state index is 8.55. The lowest BCUT2D eigenvalue weighted by molar-refractivity contribution is 0.341. The van der Waals surface area contributed by atoms with Crippen molar-refractivity contribution in [2.75, 3.05) is 6.61 Å². The Kier molecular flexibility index (Phi) is 11.3. The van der Waals surface area contributed by atoms with E-state index in [0.717, 1.165) is 12.8 Å². The van der Waals surface area contributed by atoms with Gasteiger partial charge in [-0.1, -0.05) is 23.3 Å². The van der Waals surface area contributed by atoms with Crippen LogP contribution in [-0.4, -0.2) is 11.7 Å². The molecule has 12 heavy (non-hydrogen) atoms. The number of halogens is 1. The minimum atomic E-state index is 0. The first-order valence-corrected chi connectivity index (χ1v) is 4.06. The fraction of sp³-hybridized carbons (Fsp3) is 0.600. The molecular weight excluding hydrogens is 263 g/mol. The van der Waals surface area contributed by atoms with Gasteiger partial charge >= 0.3 is 0 Å². The largest absolute Gasteiger partial charge is 0.392 e. The van der Waals surface area contributed by atoms with Gasteiger partial charge in [-0.25, -0.2) is 0 Å². The van der Waals surface area contributed by atoms with Gasteiger partial charge in [-0.15, -0.1) is 24.0 Å². The second-order valence-electron chi connectivity index (χ2n) is 3.05. The van der Waals surface area contributed by atoms with Crippen LogP contribution in [0.4, 0.5) is 0 Å². The quantitative estimate of drug-likeness (QED) is 0.619. The Balaban J connectivity index is 0. The van der Waals surface area contributed by atoms with E-state index in [2.05, 4.69) is 26.8 Å². The summed E-state index contributed by atoms with van der Waals surface area (Å²) in [6, 6.07) is 0. The molecule has 0 atom stereocenters. The maximum absolute atomic E-state index is 8.55. The average molecular weight is 282 g/mol. The lowest BCUT2D eigenvalue weighted by Gasteiger charge is -1.96. The Morgan fingerprint density at radius 3 is 2.17 bits per heavy atom. The van der Waals surface area contributed by atoms with Gasteiger partial charge < -0.3 is 5.11 Å². The van der Waals surface area contributed by atoms with E-state index >= 15 is 0 Å². The summed E-state index contributed by atoms with van der Waals surface area (Å²) < 4.78 is 0. The van der Waals surface area contributed by atoms with Gasteiger partial charge in [-0.3, -0.25) is 0 Å². The summed E-state index contributed by atoms with van der Waals surface area (Å²) in [6.07, 6.45) is 6.23. The van der Waals surface area contributed by atoms with Crippen molar-refractivity contribution < 1.29 is 5.11 Å². The van der Waals surface area contributed by atoms with E-state index in [-0.39, 0.29) is 30.6 Å². The Morgan fingerprint density at radius 1 is 1.17 bits per heavy atom. The SMILES string of the molecule is CC(C)=CCC/C(C)=C/CO.I. The molecule has 0 aromatic heterocycles. The van der Waals surface area contributed by atoms with E-state index in [0.29, 0.717) is 0 Å². The fourth-order valence-electron chi connectivity index (χ4n) is 0.846. The number of aliphatic hydroxyl groups is 1. The standard InChI is InChI=1S/C10H18O.HI/c1-9(2)5-4-6-10(3)7-8-11;/h5,7,11H,4,6,8H2,1-3H3;1H/b10-7+;. The molecule has 0 unspecified atom stereocenters. The third kappa shape index (κ3) is 10.2. The number of hydrogen-bond acceptors (Lipinski definition) is 1. The maximum Gasteiger partial charge on any atom is 0.0614 e. The zero-order valence-electron chi connectivity index (χ0n) is 8.13. The summed E-state index contributed by atoms with van der Waals surface area (Å²) in [5.74, 6) is 0. The van der Waals surface area contributed by atoms with Gasteiger partial charge in [-0.05, 0) is 33.6 Å². The summed E-state index contributed by atoms with van der Waals surface area (Å²) in [6.45, 7) is 6.42. The summed E-state index contributed by atoms with van der Waals surface area (Å²) in [5.41, 5.74) is 2.63. The van der Waals surface area contributed by atoms with Crippen molar-refractivity contribution in [1.82, 2.24) is 0 Å². The molecule has 0 amide bonds. The molecule has 0 spiro atoms. The third-order valence-electron chi connectivity index (χ3n) is 1.53. The van der Waals surface area contributed by atoms with Crippen LogP contribution in [0.1, 0.15) is 33.6 Å². The van der Waals surface area contributed by atoms with Crippen molar-refractivity contribution in [2.45, 2.75) is 33.6 Å². The molecule has 0 aliphatic carbocycles. The molecule has 0 fully saturated rings. The molecule has 0 saturated carbocycles. The summed E-state index contributed by atoms with van der Waals surface area (Å²) in [4.78, 5) is 0. The normalized spacial score (nSPS) is 10.5. The van der Waals surface area contributed by atoms with Crippen molar-refractivity contribution in [2.24, 2.45) is 0 Å². The van der Waals surface area contributed by atoms with Gasteiger partial charge in [0, 0.05) is 0 Å². The molecule has 0 aromatic carbocycles. The highest BCUT2D eigenvalue weighted by molar-refractivity contribution is 14.0. The molecule has 0 heterocycles. The van der Waals surface area contributed by atoms with Crippen LogP contribution in [0.5, 0.6) is 0 Å². The van der Waals surface area contributed by atoms with Gasteiger partial charge in [0.2, 0.25) is 0 Å². The van der Waals surface area contributed by atoms with Crippen molar-refractivity contribution in [3.8, 4) is 0 Å². The Morgan fingerprint density at radius 2 is 1.75 bits per heavy atom. The van der Waals surface area contributed by atoms with Crippen LogP contribution < -0.4 is 0 Å². The molecule has 1 nitrogen and oxygen atoms in total. The number of aliphatic hydroxyl groups excluding tert-OH is 1. The molecule has 72 valence electrons. The van der Waals surface area contributed by atoms with Crippen LogP contribution in [0.2, 0.25) is 0 Å². The van der Waals surface area contributed by atoms with Crippen LogP contribution in [0.15, 0.2) is 23.3 Å². The highest BCUT2D eigenvalue weighted by atomic mass is 127. The van der Waals surface area contributed by atoms with Crippen LogP contribution in [-0.2, 0) is 0 Å². The number of rotatable bonds is 4. The lowest BCUT2D eigenvalue weighted by atomic mass is 10.1. The zero-order valence-corrected chi connectivity index (χ0v) is 10.5. The Hall–Kier alpha value is 0.170. The van der Waals surface area contributed by atoms with Gasteiger partial charge in [-0.2, -0.15) is 0 Å². The first-order valence-electron chi connectivity index (χ1n) is 4.06. The second kappa shape index (κ2) is 9.26. The first-order chi connectivity index (χ1) is 5.16. The minimum Gasteiger partial charge on any atom is -0.392 e. The van der Waals surface area contributed by atoms with Crippen LogP contribution in [0, 0.1) is 0 Å². The van der Waals surface area contributed by atoms with Crippen LogP contribution >= 0.6 is 24.0 Å². The average Bonchev–Trinajstić information content (AvgIpc) is 1.87. The van der Waals surface area contributed by atoms with Gasteiger partial charge in [0.25, 0.3) is 0 Å². The van der Waals surface area contributed by atoms with E-state index in [1.165, 1.54) is 11.1 Å². The Labute approximate surface area is 92.6 Å². The van der Waals surface area contributed by atoms with Crippen LogP contribution in [0.25, 0.3) is 0 Å². The molecule has 0 bridgehead atoms. The third-order valence-corrected chi connectivity index (χ3v) is 1.53. The zero-order chi connectivity index (χ0) is 8.69. The molecule has 0 aliphatic rings. The van der Waals surface area contributed by atoms with Gasteiger partial charge in [0.1, 0.15) is 0 Å². The van der Waals surface area contributed by atoms with E-state index in [9.17, 15) is 0 Å². The summed E-state index contributed by atoms with van der Waals surface area (Å²) in [7, 11) is 0. The molecule has 0 saturated heterocycles. The van der Waals surface area contributed by atoms with Crippen molar-refractivity contribution in [3.63, 3.8) is 0 Å². The fourth-order valence-corrected chi connectivity index (χ4v) is 0.846. The van der Waals surface area contributed by atoms with Crippen LogP contribution in [0.3, 0.4) is 0 Å². The number of hydrogen-bond donors (Lipinski definition) is 1. The highest BCUT2D eigenvalue weighted by Crippen LogP contribution is 2.05. The lowest BCUT2D eigenvalue weighted by Crippen LogP contribution is -1.80. The van der Waals surface area contributed by atoms with E-state index in [1.807, 2.05) is 6.08 Å². The topological polar surface area (TPSA) is 20.2 Å². The summed E-state index contributed by atoms with van der Waals surface area (Å²) in [5, 5.41) is 8.55. The number of allylic oxidation sites excluding steroid dienone is 3. The molecule has 2 heteroatoms. The molecular formula is C10H19IO. The summed E-state index contributed by atoms with van der Waals surface area (Å²) >= 11 is 0. The smallest absolute Gasteiger partial charge is 0.0614 e. The minimum absolute atomic E-state index is 0. The second-order valence-corrected chi connectivity index (χ2v) is 3.05. The van der Waals surface area contributed by atoms with Gasteiger partial charge in [0.05, 0.1) is 6.61 Å². The predicted molar refractivity (Wildman–Crippen MR) is 64.9 cm³/mol. The van der Waals surface area contributed by atoms with E-state index in [1.54, 1.807) is 0 Å². The molecule has 0 aliphatic heterocycles.